The fourth-order valence-corrected chi connectivity index (χ4v) is 5.49. The first-order valence-electron chi connectivity index (χ1n) is 10.6. The maximum absolute atomic E-state index is 13.1. The molecule has 2 amide bonds. The maximum Gasteiger partial charge on any atom is 0.243 e. The molecule has 33 heavy (non-hydrogen) atoms. The van der Waals surface area contributed by atoms with Crippen molar-refractivity contribution in [2.24, 2.45) is 0 Å². The molecular weight excluding hydrogens is 440 g/mol. The Morgan fingerprint density at radius 1 is 1.18 bits per heavy atom. The number of carbonyl (C=O) groups is 2. The van der Waals surface area contributed by atoms with Gasteiger partial charge in [-0.3, -0.25) is 14.6 Å². The number of carbonyl (C=O) groups excluding carboxylic acids is 2. The minimum atomic E-state index is -3.90. The lowest BCUT2D eigenvalue weighted by molar-refractivity contribution is -0.117. The molecule has 1 aromatic heterocycles. The van der Waals surface area contributed by atoms with Crippen molar-refractivity contribution in [2.75, 3.05) is 23.8 Å². The summed E-state index contributed by atoms with van der Waals surface area (Å²) in [5.41, 5.74) is 3.62. The van der Waals surface area contributed by atoms with E-state index in [4.69, 9.17) is 0 Å². The van der Waals surface area contributed by atoms with Gasteiger partial charge in [-0.1, -0.05) is 18.2 Å². The quantitative estimate of drug-likeness (QED) is 0.623. The molecule has 172 valence electrons. The van der Waals surface area contributed by atoms with Gasteiger partial charge in [0.25, 0.3) is 0 Å². The molecule has 4 rings (SSSR count). The van der Waals surface area contributed by atoms with Crippen LogP contribution in [0.3, 0.4) is 0 Å². The Kier molecular flexibility index (Phi) is 5.94. The van der Waals surface area contributed by atoms with E-state index in [-0.39, 0.29) is 23.4 Å². The number of nitrogens with one attached hydrogen (secondary N) is 1. The van der Waals surface area contributed by atoms with Crippen LogP contribution in [0.15, 0.2) is 53.4 Å². The molecule has 3 aromatic rings. The topological polar surface area (TPSA) is 99.7 Å². The molecule has 0 aliphatic carbocycles. The van der Waals surface area contributed by atoms with Crippen molar-refractivity contribution in [2.45, 2.75) is 38.1 Å². The summed E-state index contributed by atoms with van der Waals surface area (Å²) >= 11 is 0. The normalized spacial score (nSPS) is 15.7. The molecule has 9 heteroatoms. The number of benzene rings is 2. The molecule has 2 heterocycles. The van der Waals surface area contributed by atoms with Gasteiger partial charge in [-0.2, -0.15) is 4.31 Å². The van der Waals surface area contributed by atoms with Crippen LogP contribution in [0, 0.1) is 6.92 Å². The zero-order valence-corrected chi connectivity index (χ0v) is 19.8. The lowest BCUT2D eigenvalue weighted by Gasteiger charge is -2.21. The molecule has 8 nitrogen and oxygen atoms in total. The SMILES string of the molecule is CC(=O)N1c2ccc(S(=O)(=O)N(C)CC(=O)Nc3cc(C)nc4ccccc34)cc2CC1C. The molecule has 1 aliphatic heterocycles. The summed E-state index contributed by atoms with van der Waals surface area (Å²) in [6, 6.07) is 13.9. The third-order valence-electron chi connectivity index (χ3n) is 5.80. The highest BCUT2D eigenvalue weighted by molar-refractivity contribution is 7.89. The second kappa shape index (κ2) is 8.57. The van der Waals surface area contributed by atoms with Gasteiger partial charge < -0.3 is 10.2 Å². The van der Waals surface area contributed by atoms with Gasteiger partial charge in [-0.15, -0.1) is 0 Å². The number of amides is 2. The molecule has 1 N–H and O–H groups in total. The number of rotatable bonds is 5. The number of para-hydroxylation sites is 1. The fraction of sp³-hybridized carbons (Fsp3) is 0.292. The first kappa shape index (κ1) is 22.9. The first-order valence-corrected chi connectivity index (χ1v) is 12.1. The molecule has 0 saturated heterocycles. The third-order valence-corrected chi connectivity index (χ3v) is 7.60. The van der Waals surface area contributed by atoms with Crippen LogP contribution in [0.25, 0.3) is 10.9 Å². The number of likely N-dealkylation sites (N-methyl/N-ethyl adjacent to an activating group) is 1. The van der Waals surface area contributed by atoms with Crippen molar-refractivity contribution in [3.05, 3.63) is 59.8 Å². The van der Waals surface area contributed by atoms with Gasteiger partial charge in [0.2, 0.25) is 21.8 Å². The fourth-order valence-electron chi connectivity index (χ4n) is 4.32. The smallest absolute Gasteiger partial charge is 0.243 e. The summed E-state index contributed by atoms with van der Waals surface area (Å²) in [4.78, 5) is 30.9. The summed E-state index contributed by atoms with van der Waals surface area (Å²) in [6.07, 6.45) is 0.580. The van der Waals surface area contributed by atoms with Gasteiger partial charge in [0.15, 0.2) is 0 Å². The van der Waals surface area contributed by atoms with Gasteiger partial charge >= 0.3 is 0 Å². The summed E-state index contributed by atoms with van der Waals surface area (Å²) in [6.45, 7) is 4.92. The van der Waals surface area contributed by atoms with E-state index in [0.717, 1.165) is 32.2 Å². The van der Waals surface area contributed by atoms with E-state index in [0.29, 0.717) is 12.1 Å². The number of aryl methyl sites for hydroxylation is 1. The van der Waals surface area contributed by atoms with Crippen molar-refractivity contribution >= 4 is 44.1 Å². The van der Waals surface area contributed by atoms with Gasteiger partial charge in [0.05, 0.1) is 22.6 Å². The first-order chi connectivity index (χ1) is 15.6. The van der Waals surface area contributed by atoms with E-state index in [9.17, 15) is 18.0 Å². The number of hydrogen-bond acceptors (Lipinski definition) is 5. The Morgan fingerprint density at radius 2 is 1.91 bits per heavy atom. The van der Waals surface area contributed by atoms with Gasteiger partial charge in [-0.25, -0.2) is 8.42 Å². The predicted octanol–water partition coefficient (Wildman–Crippen LogP) is 3.10. The summed E-state index contributed by atoms with van der Waals surface area (Å²) in [7, 11) is -2.52. The van der Waals surface area contributed by atoms with Crippen molar-refractivity contribution in [3.8, 4) is 0 Å². The zero-order valence-electron chi connectivity index (χ0n) is 19.0. The third kappa shape index (κ3) is 4.34. The molecule has 0 saturated carbocycles. The number of hydrogen-bond donors (Lipinski definition) is 1. The lowest BCUT2D eigenvalue weighted by Crippen LogP contribution is -2.35. The van der Waals surface area contributed by atoms with Gasteiger partial charge in [0, 0.05) is 36.8 Å². The van der Waals surface area contributed by atoms with Crippen molar-refractivity contribution in [1.29, 1.82) is 0 Å². The highest BCUT2D eigenvalue weighted by Crippen LogP contribution is 2.34. The highest BCUT2D eigenvalue weighted by atomic mass is 32.2. The average molecular weight is 467 g/mol. The molecule has 0 fully saturated rings. The zero-order chi connectivity index (χ0) is 23.9. The van der Waals surface area contributed by atoms with Crippen LogP contribution in [0.1, 0.15) is 25.1 Å². The van der Waals surface area contributed by atoms with Crippen LogP contribution < -0.4 is 10.2 Å². The Balaban J connectivity index is 1.53. The summed E-state index contributed by atoms with van der Waals surface area (Å²) in [5, 5.41) is 3.60. The number of aromatic nitrogens is 1. The Bertz CT molecular complexity index is 1370. The molecule has 0 bridgehead atoms. The van der Waals surface area contributed by atoms with Crippen LogP contribution in [0.4, 0.5) is 11.4 Å². The number of anilines is 2. The number of pyridine rings is 1. The van der Waals surface area contributed by atoms with Crippen LogP contribution in [-0.2, 0) is 26.0 Å². The van der Waals surface area contributed by atoms with E-state index in [2.05, 4.69) is 10.3 Å². The van der Waals surface area contributed by atoms with Crippen LogP contribution in [0.2, 0.25) is 0 Å². The number of nitrogens with zero attached hydrogens (tertiary/aromatic N) is 3. The standard InChI is InChI=1S/C24H26N4O4S/c1-15-11-22(20-7-5-6-8-21(20)25-15)26-24(30)14-27(4)33(31,32)19-9-10-23-18(13-19)12-16(2)28(23)17(3)29/h5-11,13,16H,12,14H2,1-4H3,(H,25,26,30). The van der Waals surface area contributed by atoms with Crippen LogP contribution in [-0.4, -0.2) is 49.2 Å². The Morgan fingerprint density at radius 3 is 2.64 bits per heavy atom. The van der Waals surface area contributed by atoms with Crippen molar-refractivity contribution in [3.63, 3.8) is 0 Å². The van der Waals surface area contributed by atoms with Crippen LogP contribution in [0.5, 0.6) is 0 Å². The molecule has 2 aromatic carbocycles. The van der Waals surface area contributed by atoms with E-state index in [1.807, 2.05) is 38.1 Å². The minimum absolute atomic E-state index is 0.0300. The highest BCUT2D eigenvalue weighted by Gasteiger charge is 2.31. The minimum Gasteiger partial charge on any atom is -0.324 e. The number of sulfonamides is 1. The van der Waals surface area contributed by atoms with E-state index < -0.39 is 15.9 Å². The Hall–Kier alpha value is -3.30. The molecular formula is C24H26N4O4S. The maximum atomic E-state index is 13.1. The molecule has 0 spiro atoms. The van der Waals surface area contributed by atoms with Crippen molar-refractivity contribution in [1.82, 2.24) is 9.29 Å². The van der Waals surface area contributed by atoms with Gasteiger partial charge in [-0.05, 0) is 56.2 Å². The summed E-state index contributed by atoms with van der Waals surface area (Å²) in [5.74, 6) is -0.529. The molecule has 1 aliphatic rings. The largest absolute Gasteiger partial charge is 0.324 e. The molecule has 1 atom stereocenters. The Labute approximate surface area is 193 Å². The second-order valence-electron chi connectivity index (χ2n) is 8.37. The molecule has 1 unspecified atom stereocenters. The van der Waals surface area contributed by atoms with Gasteiger partial charge in [0.1, 0.15) is 0 Å². The number of fused-ring (bicyclic) bond motifs is 2. The predicted molar refractivity (Wildman–Crippen MR) is 128 cm³/mol. The van der Waals surface area contributed by atoms with Crippen molar-refractivity contribution < 1.29 is 18.0 Å². The molecule has 0 radical (unpaired) electrons. The van der Waals surface area contributed by atoms with E-state index >= 15 is 0 Å². The van der Waals surface area contributed by atoms with E-state index in [1.165, 1.54) is 20.0 Å². The monoisotopic (exact) mass is 466 g/mol. The van der Waals surface area contributed by atoms with E-state index in [1.54, 1.807) is 23.1 Å². The second-order valence-corrected chi connectivity index (χ2v) is 10.4. The average Bonchev–Trinajstić information content (AvgIpc) is 3.08. The summed E-state index contributed by atoms with van der Waals surface area (Å²) < 4.78 is 27.3. The van der Waals surface area contributed by atoms with Crippen LogP contribution >= 0.6 is 0 Å². The lowest BCUT2D eigenvalue weighted by atomic mass is 10.1.